The maximum absolute atomic E-state index is 15.4. The van der Waals surface area contributed by atoms with Crippen LogP contribution in [0.15, 0.2) is 6.07 Å². The third kappa shape index (κ3) is 3.49. The van der Waals surface area contributed by atoms with Gasteiger partial charge in [0.25, 0.3) is 0 Å². The lowest BCUT2D eigenvalue weighted by atomic mass is 9.52. The van der Waals surface area contributed by atoms with Crippen LogP contribution in [0.25, 0.3) is 0 Å². The number of halogens is 1. The van der Waals surface area contributed by atoms with E-state index in [1.165, 1.54) is 0 Å². The van der Waals surface area contributed by atoms with Gasteiger partial charge in [-0.15, -0.1) is 0 Å². The van der Waals surface area contributed by atoms with Gasteiger partial charge in [-0.2, -0.15) is 19.5 Å². The fourth-order valence-electron chi connectivity index (χ4n) is 6.70. The highest BCUT2D eigenvalue weighted by Crippen LogP contribution is 2.56. The molecular weight excluding hydrogens is 413 g/mol. The first-order chi connectivity index (χ1) is 15.3. The number of aromatic amines is 1. The van der Waals surface area contributed by atoms with Crippen molar-refractivity contribution in [2.45, 2.75) is 63.2 Å². The van der Waals surface area contributed by atoms with Crippen LogP contribution in [0.5, 0.6) is 0 Å². The number of aryl methyl sites for hydroxylation is 1. The van der Waals surface area contributed by atoms with Crippen LogP contribution in [-0.2, 0) is 0 Å². The van der Waals surface area contributed by atoms with Gasteiger partial charge in [0.2, 0.25) is 11.8 Å². The minimum absolute atomic E-state index is 0.0628. The number of nitrogens with one attached hydrogen (secondary N) is 3. The fourth-order valence-corrected chi connectivity index (χ4v) is 6.70. The van der Waals surface area contributed by atoms with E-state index in [0.717, 1.165) is 37.8 Å². The first-order valence-electron chi connectivity index (χ1n) is 11.6. The zero-order chi connectivity index (χ0) is 22.0. The van der Waals surface area contributed by atoms with Gasteiger partial charge in [-0.05, 0) is 63.2 Å². The number of β-amino-alcohol motifs (C(OH)–C–C–N with tert-alkyl or cyclic N) is 1. The molecular formula is C22H30FN7O2. The summed E-state index contributed by atoms with van der Waals surface area (Å²) >= 11 is 0. The summed E-state index contributed by atoms with van der Waals surface area (Å²) < 4.78 is 15.4. The average Bonchev–Trinajstić information content (AvgIpc) is 3.33. The maximum atomic E-state index is 15.4. The first-order valence-corrected chi connectivity index (χ1v) is 11.6. The van der Waals surface area contributed by atoms with Gasteiger partial charge in [-0.1, -0.05) is 0 Å². The summed E-state index contributed by atoms with van der Waals surface area (Å²) in [5.41, 5.74) is 0.342. The van der Waals surface area contributed by atoms with Gasteiger partial charge >= 0.3 is 0 Å². The number of aliphatic hydroxyl groups excluding tert-OH is 1. The van der Waals surface area contributed by atoms with Crippen LogP contribution in [0.2, 0.25) is 0 Å². The molecule has 9 nitrogen and oxygen atoms in total. The van der Waals surface area contributed by atoms with E-state index in [0.29, 0.717) is 49.0 Å². The maximum Gasteiger partial charge on any atom is 0.227 e. The molecule has 32 heavy (non-hydrogen) atoms. The van der Waals surface area contributed by atoms with Crippen molar-refractivity contribution in [3.63, 3.8) is 0 Å². The number of rotatable bonds is 5. The van der Waals surface area contributed by atoms with E-state index >= 15 is 4.39 Å². The van der Waals surface area contributed by atoms with Crippen molar-refractivity contribution in [2.24, 2.45) is 17.8 Å². The molecule has 1 aliphatic heterocycles. The molecule has 0 amide bonds. The molecule has 0 radical (unpaired) electrons. The van der Waals surface area contributed by atoms with Gasteiger partial charge < -0.3 is 25.7 Å². The summed E-state index contributed by atoms with van der Waals surface area (Å²) in [5.74, 6) is 1.92. The Kier molecular flexibility index (Phi) is 4.59. The summed E-state index contributed by atoms with van der Waals surface area (Å²) in [5, 5.41) is 34.3. The van der Waals surface area contributed by atoms with Gasteiger partial charge in [-0.25, -0.2) is 0 Å². The first kappa shape index (κ1) is 20.2. The van der Waals surface area contributed by atoms with Crippen molar-refractivity contribution < 1.29 is 14.6 Å². The zero-order valence-corrected chi connectivity index (χ0v) is 18.2. The zero-order valence-electron chi connectivity index (χ0n) is 18.2. The quantitative estimate of drug-likeness (QED) is 0.477. The molecule has 4 aliphatic carbocycles. The Hall–Kier alpha value is -2.46. The van der Waals surface area contributed by atoms with E-state index in [1.807, 2.05) is 6.92 Å². The van der Waals surface area contributed by atoms with Crippen LogP contribution in [0.1, 0.15) is 44.2 Å². The molecule has 4 bridgehead atoms. The summed E-state index contributed by atoms with van der Waals surface area (Å²) in [6.07, 6.45) is 4.86. The number of anilines is 4. The summed E-state index contributed by atoms with van der Waals surface area (Å²) in [4.78, 5) is 10.8. The number of hydrogen-bond donors (Lipinski definition) is 5. The van der Waals surface area contributed by atoms with E-state index in [1.54, 1.807) is 11.0 Å². The highest BCUT2D eigenvalue weighted by Gasteiger charge is 2.54. The van der Waals surface area contributed by atoms with Gasteiger partial charge in [-0.3, -0.25) is 5.10 Å². The van der Waals surface area contributed by atoms with E-state index in [-0.39, 0.29) is 17.7 Å². The number of hydrogen-bond acceptors (Lipinski definition) is 8. The van der Waals surface area contributed by atoms with Crippen molar-refractivity contribution in [1.29, 1.82) is 0 Å². The van der Waals surface area contributed by atoms with Crippen LogP contribution in [0.3, 0.4) is 0 Å². The average molecular weight is 444 g/mol. The third-order valence-corrected chi connectivity index (χ3v) is 7.79. The summed E-state index contributed by atoms with van der Waals surface area (Å²) in [6, 6.07) is 1.96. The van der Waals surface area contributed by atoms with Gasteiger partial charge in [0.1, 0.15) is 0 Å². The molecule has 3 heterocycles. The molecule has 5 N–H and O–H groups in total. The predicted molar refractivity (Wildman–Crippen MR) is 117 cm³/mol. The van der Waals surface area contributed by atoms with Crippen molar-refractivity contribution in [3.8, 4) is 0 Å². The Morgan fingerprint density at radius 1 is 1.22 bits per heavy atom. The second-order valence-electron chi connectivity index (χ2n) is 10.3. The van der Waals surface area contributed by atoms with E-state index in [2.05, 4.69) is 30.8 Å². The van der Waals surface area contributed by atoms with Crippen molar-refractivity contribution in [2.75, 3.05) is 28.6 Å². The molecule has 4 saturated carbocycles. The van der Waals surface area contributed by atoms with Crippen LogP contribution < -0.4 is 15.5 Å². The van der Waals surface area contributed by atoms with Gasteiger partial charge in [0, 0.05) is 30.9 Å². The lowest BCUT2D eigenvalue weighted by molar-refractivity contribution is -0.129. The Bertz CT molecular complexity index is 1010. The lowest BCUT2D eigenvalue weighted by Gasteiger charge is -2.58. The minimum atomic E-state index is -0.551. The number of aromatic nitrogens is 4. The van der Waals surface area contributed by atoms with E-state index < -0.39 is 17.5 Å². The molecule has 0 aromatic carbocycles. The smallest absolute Gasteiger partial charge is 0.227 e. The molecule has 3 atom stereocenters. The largest absolute Gasteiger partial charge is 0.391 e. The fraction of sp³-hybridized carbons (Fsp3) is 0.682. The lowest BCUT2D eigenvalue weighted by Crippen LogP contribution is -2.59. The number of aliphatic hydroxyl groups is 2. The Morgan fingerprint density at radius 2 is 2.00 bits per heavy atom. The molecule has 7 rings (SSSR count). The molecule has 5 aliphatic rings. The van der Waals surface area contributed by atoms with Crippen LogP contribution >= 0.6 is 0 Å². The van der Waals surface area contributed by atoms with E-state index in [9.17, 15) is 10.2 Å². The SMILES string of the molecule is Cc1cc(Nc2nc(NC3C4CC5CC3CC(O)(C5)C4)nc(N3CCC(O)C3)c2F)n[nH]1. The highest BCUT2D eigenvalue weighted by molar-refractivity contribution is 5.61. The third-order valence-electron chi connectivity index (χ3n) is 7.79. The summed E-state index contributed by atoms with van der Waals surface area (Å²) in [6.45, 7) is 2.76. The normalized spacial score (nSPS) is 35.5. The molecule has 2 aromatic heterocycles. The highest BCUT2D eigenvalue weighted by atomic mass is 19.1. The van der Waals surface area contributed by atoms with Gasteiger partial charge in [0.15, 0.2) is 17.5 Å². The minimum Gasteiger partial charge on any atom is -0.391 e. The van der Waals surface area contributed by atoms with Crippen molar-refractivity contribution >= 4 is 23.4 Å². The van der Waals surface area contributed by atoms with Crippen LogP contribution in [0.4, 0.5) is 27.8 Å². The molecule has 2 aromatic rings. The second kappa shape index (κ2) is 7.28. The van der Waals surface area contributed by atoms with Crippen molar-refractivity contribution in [3.05, 3.63) is 17.6 Å². The number of H-pyrrole nitrogens is 1. The monoisotopic (exact) mass is 443 g/mol. The Morgan fingerprint density at radius 3 is 2.62 bits per heavy atom. The standard InChI is InChI=1S/C22H30FN7O2/c1-11-4-16(29-28-11)24-19-17(23)20(30-3-2-15(31)10-30)27-21(26-19)25-18-13-5-12-6-14(18)9-22(32,7-12)8-13/h4,12-15,18,31-32H,2-3,5-10H2,1H3,(H3,24,25,26,27,28,29). The van der Waals surface area contributed by atoms with E-state index in [4.69, 9.17) is 0 Å². The Balaban J connectivity index is 1.32. The predicted octanol–water partition coefficient (Wildman–Crippen LogP) is 2.31. The molecule has 3 unspecified atom stereocenters. The molecule has 10 heteroatoms. The van der Waals surface area contributed by atoms with Crippen molar-refractivity contribution in [1.82, 2.24) is 20.2 Å². The summed E-state index contributed by atoms with van der Waals surface area (Å²) in [7, 11) is 0. The second-order valence-corrected chi connectivity index (χ2v) is 10.3. The molecule has 0 spiro atoms. The number of nitrogens with zero attached hydrogens (tertiary/aromatic N) is 4. The van der Waals surface area contributed by atoms with Crippen LogP contribution in [0, 0.1) is 30.5 Å². The molecule has 1 saturated heterocycles. The Labute approximate surface area is 185 Å². The topological polar surface area (TPSA) is 122 Å². The van der Waals surface area contributed by atoms with Crippen LogP contribution in [-0.4, -0.2) is 61.2 Å². The van der Waals surface area contributed by atoms with Gasteiger partial charge in [0.05, 0.1) is 11.7 Å². The molecule has 5 fully saturated rings. The molecule has 172 valence electrons.